The lowest BCUT2D eigenvalue weighted by Crippen LogP contribution is -2.35. The average Bonchev–Trinajstić information content (AvgIpc) is 3.38. The van der Waals surface area contributed by atoms with Gasteiger partial charge in [0.1, 0.15) is 12.1 Å². The fourth-order valence-electron chi connectivity index (χ4n) is 3.33. The maximum absolute atomic E-state index is 12.2. The molecule has 2 aromatic carbocycles. The number of amides is 1. The van der Waals surface area contributed by atoms with Gasteiger partial charge in [-0.05, 0) is 24.3 Å². The van der Waals surface area contributed by atoms with Crippen LogP contribution < -0.4 is 14.2 Å². The van der Waals surface area contributed by atoms with Gasteiger partial charge in [-0.3, -0.25) is 9.59 Å². The number of methoxy groups -OCH3 is 2. The quantitative estimate of drug-likeness (QED) is 0.422. The van der Waals surface area contributed by atoms with E-state index >= 15 is 0 Å². The maximum atomic E-state index is 12.2. The van der Waals surface area contributed by atoms with Crippen molar-refractivity contribution in [2.45, 2.75) is 26.6 Å². The van der Waals surface area contributed by atoms with Crippen molar-refractivity contribution in [3.63, 3.8) is 0 Å². The maximum Gasteiger partial charge on any atom is 0.308 e. The Morgan fingerprint density at radius 3 is 2.41 bits per heavy atom. The van der Waals surface area contributed by atoms with E-state index in [0.717, 1.165) is 11.0 Å². The molecule has 0 spiro atoms. The first kappa shape index (κ1) is 21.1. The fraction of sp³-hybridized carbons (Fsp3) is 0.286. The first-order valence-corrected chi connectivity index (χ1v) is 9.69. The molecule has 1 aliphatic rings. The Balaban J connectivity index is 1.66. The zero-order valence-corrected chi connectivity index (χ0v) is 17.9. The number of carbonyl (C=O) groups is 2. The zero-order chi connectivity index (χ0) is 22.8. The Morgan fingerprint density at radius 2 is 1.78 bits per heavy atom. The molecule has 0 unspecified atom stereocenters. The zero-order valence-electron chi connectivity index (χ0n) is 17.9. The van der Waals surface area contributed by atoms with E-state index in [1.54, 1.807) is 16.8 Å². The fourth-order valence-corrected chi connectivity index (χ4v) is 3.33. The van der Waals surface area contributed by atoms with Crippen LogP contribution in [0, 0.1) is 0 Å². The largest absolute Gasteiger partial charge is 0.493 e. The van der Waals surface area contributed by atoms with Gasteiger partial charge < -0.3 is 18.9 Å². The molecule has 0 fully saturated rings. The Kier molecular flexibility index (Phi) is 5.63. The number of rotatable bonds is 6. The van der Waals surface area contributed by atoms with Crippen LogP contribution in [0.3, 0.4) is 0 Å². The van der Waals surface area contributed by atoms with Gasteiger partial charge in [0.15, 0.2) is 11.5 Å². The van der Waals surface area contributed by atoms with E-state index in [4.69, 9.17) is 18.9 Å². The Hall–Kier alpha value is -4.15. The normalized spacial score (nSPS) is 15.3. The van der Waals surface area contributed by atoms with E-state index in [2.05, 4.69) is 15.4 Å². The molecule has 0 saturated carbocycles. The number of carbonyl (C=O) groups excluding carboxylic acids is 2. The highest BCUT2D eigenvalue weighted by atomic mass is 16.6. The monoisotopic (exact) mass is 439 g/mol. The molecule has 0 radical (unpaired) electrons. The lowest BCUT2D eigenvalue weighted by molar-refractivity contribution is -0.135. The second-order valence-corrected chi connectivity index (χ2v) is 6.91. The summed E-state index contributed by atoms with van der Waals surface area (Å²) in [6, 6.07) is 10.7. The summed E-state index contributed by atoms with van der Waals surface area (Å²) in [4.78, 5) is 23.7. The second kappa shape index (κ2) is 8.53. The van der Waals surface area contributed by atoms with Crippen LogP contribution in [0.4, 0.5) is 0 Å². The third-order valence-corrected chi connectivity index (χ3v) is 4.74. The summed E-state index contributed by atoms with van der Waals surface area (Å²) in [5, 5.41) is 13.9. The lowest BCUT2D eigenvalue weighted by atomic mass is 10.1. The molecule has 4 rings (SSSR count). The number of hydrogen-bond acceptors (Lipinski definition) is 9. The Bertz CT molecular complexity index is 1200. The number of hydrogen-bond donors (Lipinski definition) is 0. The molecule has 0 saturated heterocycles. The molecule has 1 aromatic heterocycles. The summed E-state index contributed by atoms with van der Waals surface area (Å²) >= 11 is 0. The number of para-hydroxylation sites is 1. The van der Waals surface area contributed by atoms with Gasteiger partial charge in [0, 0.05) is 19.4 Å². The number of nitrogens with zero attached hydrogens (tertiary/aromatic N) is 5. The highest BCUT2D eigenvalue weighted by Crippen LogP contribution is 2.39. The van der Waals surface area contributed by atoms with Crippen molar-refractivity contribution in [2.75, 3.05) is 14.2 Å². The first-order valence-electron chi connectivity index (χ1n) is 9.69. The minimum Gasteiger partial charge on any atom is -0.493 e. The number of aromatic nitrogens is 3. The predicted molar refractivity (Wildman–Crippen MR) is 112 cm³/mol. The van der Waals surface area contributed by atoms with E-state index < -0.39 is 12.2 Å². The molecule has 1 amide bonds. The minimum absolute atomic E-state index is 0.138. The van der Waals surface area contributed by atoms with Crippen LogP contribution in [0.25, 0.3) is 11.0 Å². The van der Waals surface area contributed by atoms with Crippen molar-refractivity contribution in [1.82, 2.24) is 20.0 Å². The van der Waals surface area contributed by atoms with Crippen LogP contribution in [0.2, 0.25) is 0 Å². The SMILES string of the molecule is COc1cc(C2=NN(C(C)=O)[C@@H](Cn3nnc4ccccc43)O2)cc(OC)c1OC(C)=O. The molecule has 0 N–H and O–H groups in total. The van der Waals surface area contributed by atoms with Crippen molar-refractivity contribution in [1.29, 1.82) is 0 Å². The second-order valence-electron chi connectivity index (χ2n) is 6.91. The van der Waals surface area contributed by atoms with E-state index in [0.29, 0.717) is 5.56 Å². The molecular formula is C21H21N5O6. The molecule has 0 aliphatic carbocycles. The number of ether oxygens (including phenoxy) is 4. The predicted octanol–water partition coefficient (Wildman–Crippen LogP) is 1.94. The summed E-state index contributed by atoms with van der Waals surface area (Å²) in [6.07, 6.45) is -0.738. The molecular weight excluding hydrogens is 418 g/mol. The third-order valence-electron chi connectivity index (χ3n) is 4.74. The number of benzene rings is 2. The summed E-state index contributed by atoms with van der Waals surface area (Å²) in [7, 11) is 2.87. The van der Waals surface area contributed by atoms with Gasteiger partial charge in [-0.15, -0.1) is 10.2 Å². The molecule has 32 heavy (non-hydrogen) atoms. The summed E-state index contributed by atoms with van der Waals surface area (Å²) in [6.45, 7) is 2.89. The van der Waals surface area contributed by atoms with Crippen LogP contribution >= 0.6 is 0 Å². The van der Waals surface area contributed by atoms with E-state index in [1.807, 2.05) is 24.3 Å². The third kappa shape index (κ3) is 3.92. The lowest BCUT2D eigenvalue weighted by Gasteiger charge is -2.19. The molecule has 1 atom stereocenters. The highest BCUT2D eigenvalue weighted by molar-refractivity contribution is 5.97. The molecule has 11 heteroatoms. The van der Waals surface area contributed by atoms with Crippen molar-refractivity contribution in [3.05, 3.63) is 42.0 Å². The Morgan fingerprint density at radius 1 is 1.09 bits per heavy atom. The Labute approximate surface area is 183 Å². The molecule has 1 aliphatic heterocycles. The number of fused-ring (bicyclic) bond motifs is 1. The first-order chi connectivity index (χ1) is 15.4. The van der Waals surface area contributed by atoms with Gasteiger partial charge in [0.2, 0.25) is 23.8 Å². The van der Waals surface area contributed by atoms with E-state index in [9.17, 15) is 9.59 Å². The van der Waals surface area contributed by atoms with Gasteiger partial charge in [0.05, 0.1) is 19.7 Å². The van der Waals surface area contributed by atoms with Crippen LogP contribution in [0.15, 0.2) is 41.5 Å². The van der Waals surface area contributed by atoms with Gasteiger partial charge in [-0.2, -0.15) is 5.01 Å². The van der Waals surface area contributed by atoms with Crippen LogP contribution in [0.5, 0.6) is 17.2 Å². The average molecular weight is 439 g/mol. The molecule has 2 heterocycles. The molecule has 0 bridgehead atoms. The highest BCUT2D eigenvalue weighted by Gasteiger charge is 2.33. The van der Waals surface area contributed by atoms with Crippen molar-refractivity contribution < 1.29 is 28.5 Å². The topological polar surface area (TPSA) is 117 Å². The van der Waals surface area contributed by atoms with Gasteiger partial charge in [0.25, 0.3) is 0 Å². The number of esters is 1. The van der Waals surface area contributed by atoms with Crippen molar-refractivity contribution in [2.24, 2.45) is 5.10 Å². The molecule has 3 aromatic rings. The van der Waals surface area contributed by atoms with Crippen molar-refractivity contribution >= 4 is 28.8 Å². The van der Waals surface area contributed by atoms with Crippen molar-refractivity contribution in [3.8, 4) is 17.2 Å². The van der Waals surface area contributed by atoms with E-state index in [1.165, 1.54) is 33.1 Å². The minimum atomic E-state index is -0.738. The molecule has 11 nitrogen and oxygen atoms in total. The standard InChI is InChI=1S/C21H21N5O6/c1-12(27)26-19(11-25-16-8-6-5-7-15(16)22-24-25)32-21(23-26)14-9-17(29-3)20(31-13(2)28)18(10-14)30-4/h5-10,19H,11H2,1-4H3/t19-/m1/s1. The smallest absolute Gasteiger partial charge is 0.308 e. The summed E-state index contributed by atoms with van der Waals surface area (Å²) < 4.78 is 23.6. The number of hydrazone groups is 1. The molecule has 166 valence electrons. The summed E-state index contributed by atoms with van der Waals surface area (Å²) in [5.74, 6) is -0.00189. The van der Waals surface area contributed by atoms with Gasteiger partial charge >= 0.3 is 5.97 Å². The van der Waals surface area contributed by atoms with Gasteiger partial charge in [-0.1, -0.05) is 17.3 Å². The van der Waals surface area contributed by atoms with Crippen LogP contribution in [-0.4, -0.2) is 58.2 Å². The van der Waals surface area contributed by atoms with Gasteiger partial charge in [-0.25, -0.2) is 4.68 Å². The van der Waals surface area contributed by atoms with Crippen LogP contribution in [-0.2, 0) is 20.9 Å². The van der Waals surface area contributed by atoms with E-state index in [-0.39, 0.29) is 35.6 Å². The van der Waals surface area contributed by atoms with Crippen LogP contribution in [0.1, 0.15) is 19.4 Å². The summed E-state index contributed by atoms with van der Waals surface area (Å²) in [5.41, 5.74) is 2.02.